The molecule has 5 N–H and O–H groups in total. The molecule has 0 fully saturated rings. The van der Waals surface area contributed by atoms with Crippen LogP contribution in [0, 0.1) is 12.3 Å². The van der Waals surface area contributed by atoms with E-state index in [1.54, 1.807) is 0 Å². The molecule has 100 valence electrons. The normalized spacial score (nSPS) is 11.1. The molecule has 0 radical (unpaired) electrons. The molecule has 3 amide bonds. The maximum absolute atomic E-state index is 11.3. The van der Waals surface area contributed by atoms with Gasteiger partial charge >= 0.3 is 12.0 Å². The van der Waals surface area contributed by atoms with Gasteiger partial charge in [-0.3, -0.25) is 4.79 Å². The number of unbranched alkanes of at least 4 members (excludes halogenated alkanes) is 1. The van der Waals surface area contributed by atoms with Crippen LogP contribution in [0.3, 0.4) is 0 Å². The van der Waals surface area contributed by atoms with Crippen molar-refractivity contribution < 1.29 is 19.5 Å². The van der Waals surface area contributed by atoms with E-state index >= 15 is 0 Å². The summed E-state index contributed by atoms with van der Waals surface area (Å²) in [6.45, 7) is 0.359. The fourth-order valence-corrected chi connectivity index (χ4v) is 1.15. The number of carboxylic acids is 1. The van der Waals surface area contributed by atoms with Crippen molar-refractivity contribution in [2.45, 2.75) is 31.7 Å². The summed E-state index contributed by atoms with van der Waals surface area (Å²) in [6, 6.07) is -1.74. The summed E-state index contributed by atoms with van der Waals surface area (Å²) in [6.07, 6.45) is 6.04. The van der Waals surface area contributed by atoms with Crippen molar-refractivity contribution in [2.75, 3.05) is 6.54 Å². The summed E-state index contributed by atoms with van der Waals surface area (Å²) in [5.41, 5.74) is 4.91. The lowest BCUT2D eigenvalue weighted by Gasteiger charge is -2.14. The molecule has 0 aliphatic heterocycles. The Bertz CT molecular complexity index is 349. The van der Waals surface area contributed by atoms with Crippen molar-refractivity contribution in [2.24, 2.45) is 5.73 Å². The van der Waals surface area contributed by atoms with Gasteiger partial charge < -0.3 is 21.5 Å². The molecule has 0 aromatic heterocycles. The van der Waals surface area contributed by atoms with Crippen LogP contribution < -0.4 is 16.4 Å². The Labute approximate surface area is 105 Å². The predicted molar refractivity (Wildman–Crippen MR) is 64.5 cm³/mol. The van der Waals surface area contributed by atoms with E-state index in [1.807, 2.05) is 0 Å². The molecular formula is C11H17N3O4. The van der Waals surface area contributed by atoms with Gasteiger partial charge in [0.25, 0.3) is 0 Å². The van der Waals surface area contributed by atoms with E-state index in [1.165, 1.54) is 0 Å². The highest BCUT2D eigenvalue weighted by atomic mass is 16.4. The first-order valence-electron chi connectivity index (χ1n) is 5.46. The average Bonchev–Trinajstić information content (AvgIpc) is 2.29. The zero-order valence-corrected chi connectivity index (χ0v) is 9.94. The Morgan fingerprint density at radius 2 is 2.06 bits per heavy atom. The van der Waals surface area contributed by atoms with Crippen molar-refractivity contribution >= 4 is 17.9 Å². The number of rotatable bonds is 8. The summed E-state index contributed by atoms with van der Waals surface area (Å²) in [4.78, 5) is 32.7. The molecule has 0 unspecified atom stereocenters. The molecular weight excluding hydrogens is 238 g/mol. The Hall–Kier alpha value is -2.23. The van der Waals surface area contributed by atoms with Crippen LogP contribution in [0.1, 0.15) is 25.7 Å². The van der Waals surface area contributed by atoms with Gasteiger partial charge in [0, 0.05) is 19.4 Å². The maximum atomic E-state index is 11.3. The van der Waals surface area contributed by atoms with E-state index in [4.69, 9.17) is 17.3 Å². The molecule has 18 heavy (non-hydrogen) atoms. The fraction of sp³-hybridized carbons (Fsp3) is 0.545. The van der Waals surface area contributed by atoms with Crippen LogP contribution in [0.15, 0.2) is 0 Å². The highest BCUT2D eigenvalue weighted by Crippen LogP contribution is 1.97. The maximum Gasteiger partial charge on any atom is 0.326 e. The minimum atomic E-state index is -1.21. The third-order valence-electron chi connectivity index (χ3n) is 2.07. The summed E-state index contributed by atoms with van der Waals surface area (Å²) in [5.74, 6) is 0.590. The lowest BCUT2D eigenvalue weighted by Crippen LogP contribution is -2.46. The monoisotopic (exact) mass is 255 g/mol. The van der Waals surface area contributed by atoms with E-state index < -0.39 is 23.9 Å². The van der Waals surface area contributed by atoms with E-state index in [2.05, 4.69) is 16.6 Å². The molecule has 0 saturated carbocycles. The van der Waals surface area contributed by atoms with E-state index in [-0.39, 0.29) is 12.8 Å². The van der Waals surface area contributed by atoms with E-state index in [0.29, 0.717) is 19.4 Å². The van der Waals surface area contributed by atoms with Gasteiger partial charge in [0.15, 0.2) is 0 Å². The third-order valence-corrected chi connectivity index (χ3v) is 2.07. The van der Waals surface area contributed by atoms with Crippen molar-refractivity contribution in [1.29, 1.82) is 0 Å². The third kappa shape index (κ3) is 7.98. The Morgan fingerprint density at radius 1 is 1.39 bits per heavy atom. The molecule has 7 nitrogen and oxygen atoms in total. The number of urea groups is 1. The number of carbonyl (C=O) groups is 3. The van der Waals surface area contributed by atoms with Crippen molar-refractivity contribution in [3.8, 4) is 12.3 Å². The molecule has 0 spiro atoms. The number of amides is 3. The second-order valence-electron chi connectivity index (χ2n) is 3.60. The Morgan fingerprint density at radius 3 is 2.56 bits per heavy atom. The van der Waals surface area contributed by atoms with Gasteiger partial charge in [-0.1, -0.05) is 0 Å². The van der Waals surface area contributed by atoms with Crippen molar-refractivity contribution in [3.05, 3.63) is 0 Å². The van der Waals surface area contributed by atoms with Crippen LogP contribution in [-0.4, -0.2) is 35.6 Å². The molecule has 0 aromatic carbocycles. The van der Waals surface area contributed by atoms with Crippen LogP contribution in [0.25, 0.3) is 0 Å². The molecule has 7 heteroatoms. The molecule has 1 atom stereocenters. The zero-order valence-electron chi connectivity index (χ0n) is 9.94. The SMILES string of the molecule is C#CCCCNC(=O)N[C@H](CCC(N)=O)C(=O)O. The van der Waals surface area contributed by atoms with Crippen LogP contribution >= 0.6 is 0 Å². The smallest absolute Gasteiger partial charge is 0.326 e. The largest absolute Gasteiger partial charge is 0.480 e. The van der Waals surface area contributed by atoms with Gasteiger partial charge in [0.2, 0.25) is 5.91 Å². The molecule has 0 saturated heterocycles. The number of nitrogens with one attached hydrogen (secondary N) is 2. The second kappa shape index (κ2) is 8.87. The predicted octanol–water partition coefficient (Wildman–Crippen LogP) is -0.582. The number of nitrogens with two attached hydrogens (primary N) is 1. The summed E-state index contributed by atoms with van der Waals surface area (Å²) in [7, 11) is 0. The highest BCUT2D eigenvalue weighted by Gasteiger charge is 2.20. The van der Waals surface area contributed by atoms with Gasteiger partial charge in [0.1, 0.15) is 6.04 Å². The number of carbonyl (C=O) groups excluding carboxylic acids is 2. The number of hydrogen-bond acceptors (Lipinski definition) is 3. The van der Waals surface area contributed by atoms with Gasteiger partial charge in [-0.15, -0.1) is 12.3 Å². The van der Waals surface area contributed by atoms with Crippen molar-refractivity contribution in [1.82, 2.24) is 10.6 Å². The topological polar surface area (TPSA) is 122 Å². The van der Waals surface area contributed by atoms with Gasteiger partial charge in [0.05, 0.1) is 0 Å². The Kier molecular flexibility index (Phi) is 7.77. The molecule has 0 aliphatic carbocycles. The average molecular weight is 255 g/mol. The molecule has 0 rings (SSSR count). The number of primary amides is 1. The standard InChI is InChI=1S/C11H17N3O4/c1-2-3-4-7-13-11(18)14-8(10(16)17)5-6-9(12)15/h1,8H,3-7H2,(H2,12,15)(H,16,17)(H2,13,14,18)/t8-/m1/s1. The molecule has 0 aromatic rings. The van der Waals surface area contributed by atoms with Gasteiger partial charge in [-0.05, 0) is 12.8 Å². The minimum Gasteiger partial charge on any atom is -0.480 e. The molecule has 0 heterocycles. The first kappa shape index (κ1) is 15.8. The quantitative estimate of drug-likeness (QED) is 0.342. The number of aliphatic carboxylic acids is 1. The number of carboxylic acid groups (broad SMARTS) is 1. The summed E-state index contributed by atoms with van der Waals surface area (Å²) >= 11 is 0. The lowest BCUT2D eigenvalue weighted by atomic mass is 10.1. The molecule has 0 aliphatic rings. The molecule has 0 bridgehead atoms. The fourth-order valence-electron chi connectivity index (χ4n) is 1.15. The van der Waals surface area contributed by atoms with Gasteiger partial charge in [-0.25, -0.2) is 9.59 Å². The van der Waals surface area contributed by atoms with Crippen LogP contribution in [0.2, 0.25) is 0 Å². The lowest BCUT2D eigenvalue weighted by molar-refractivity contribution is -0.139. The highest BCUT2D eigenvalue weighted by molar-refractivity contribution is 5.83. The number of terminal acetylenes is 1. The van der Waals surface area contributed by atoms with Crippen molar-refractivity contribution in [3.63, 3.8) is 0 Å². The summed E-state index contributed by atoms with van der Waals surface area (Å²) < 4.78 is 0. The van der Waals surface area contributed by atoms with Crippen LogP contribution in [0.4, 0.5) is 4.79 Å². The second-order valence-corrected chi connectivity index (χ2v) is 3.60. The van der Waals surface area contributed by atoms with E-state index in [0.717, 1.165) is 0 Å². The van der Waals surface area contributed by atoms with Crippen LogP contribution in [0.5, 0.6) is 0 Å². The minimum absolute atomic E-state index is 0.0392. The Balaban J connectivity index is 4.00. The van der Waals surface area contributed by atoms with Gasteiger partial charge in [-0.2, -0.15) is 0 Å². The first-order chi connectivity index (χ1) is 8.47. The zero-order chi connectivity index (χ0) is 14.0. The summed E-state index contributed by atoms with van der Waals surface area (Å²) in [5, 5.41) is 13.5. The van der Waals surface area contributed by atoms with Crippen LogP contribution in [-0.2, 0) is 9.59 Å². The first-order valence-corrected chi connectivity index (χ1v) is 5.46. The number of hydrogen-bond donors (Lipinski definition) is 4. The van der Waals surface area contributed by atoms with E-state index in [9.17, 15) is 14.4 Å².